The Kier molecular flexibility index (Phi) is 7.14. The van der Waals surface area contributed by atoms with Gasteiger partial charge in [0, 0.05) is 17.3 Å². The molecule has 1 atom stereocenters. The van der Waals surface area contributed by atoms with Crippen molar-refractivity contribution in [1.82, 2.24) is 10.0 Å². The van der Waals surface area contributed by atoms with Crippen molar-refractivity contribution < 1.29 is 8.42 Å². The van der Waals surface area contributed by atoms with Crippen molar-refractivity contribution in [2.24, 2.45) is 0 Å². The van der Waals surface area contributed by atoms with Crippen LogP contribution in [0.5, 0.6) is 0 Å². The van der Waals surface area contributed by atoms with Crippen molar-refractivity contribution in [1.29, 1.82) is 0 Å². The summed E-state index contributed by atoms with van der Waals surface area (Å²) in [6.07, 6.45) is 3.94. The first-order valence-corrected chi connectivity index (χ1v) is 9.81. The van der Waals surface area contributed by atoms with E-state index in [0.717, 1.165) is 31.6 Å². The van der Waals surface area contributed by atoms with E-state index in [2.05, 4.69) is 30.8 Å². The van der Waals surface area contributed by atoms with Gasteiger partial charge in [-0.15, -0.1) is 0 Å². The number of thioether (sulfide) groups is 1. The predicted molar refractivity (Wildman–Crippen MR) is 84.3 cm³/mol. The van der Waals surface area contributed by atoms with Crippen LogP contribution >= 0.6 is 11.8 Å². The molecule has 1 aliphatic heterocycles. The Morgan fingerprint density at radius 1 is 1.32 bits per heavy atom. The van der Waals surface area contributed by atoms with Crippen molar-refractivity contribution in [3.05, 3.63) is 0 Å². The summed E-state index contributed by atoms with van der Waals surface area (Å²) in [4.78, 5) is 0. The number of hydrogen-bond acceptors (Lipinski definition) is 4. The molecule has 1 fully saturated rings. The van der Waals surface area contributed by atoms with Crippen molar-refractivity contribution in [2.75, 3.05) is 24.6 Å². The maximum Gasteiger partial charge on any atom is 0.211 e. The molecule has 0 bridgehead atoms. The van der Waals surface area contributed by atoms with Gasteiger partial charge in [-0.2, -0.15) is 11.8 Å². The fourth-order valence-corrected chi connectivity index (χ4v) is 4.72. The highest BCUT2D eigenvalue weighted by Crippen LogP contribution is 2.37. The lowest BCUT2D eigenvalue weighted by Gasteiger charge is -2.22. The zero-order valence-electron chi connectivity index (χ0n) is 12.4. The van der Waals surface area contributed by atoms with Gasteiger partial charge in [-0.3, -0.25) is 0 Å². The molecule has 1 rings (SSSR count). The molecule has 6 heteroatoms. The van der Waals surface area contributed by atoms with Crippen LogP contribution < -0.4 is 10.0 Å². The first-order chi connectivity index (χ1) is 8.83. The average Bonchev–Trinajstić information content (AvgIpc) is 2.74. The smallest absolute Gasteiger partial charge is 0.211 e. The molecule has 1 unspecified atom stereocenters. The zero-order valence-corrected chi connectivity index (χ0v) is 14.0. The Hall–Kier alpha value is 0.220. The highest BCUT2D eigenvalue weighted by molar-refractivity contribution is 8.01. The summed E-state index contributed by atoms with van der Waals surface area (Å²) < 4.78 is 26.6. The predicted octanol–water partition coefficient (Wildman–Crippen LogP) is 1.97. The molecule has 0 saturated carbocycles. The molecule has 1 heterocycles. The number of unbranched alkanes of at least 4 members (excludes halogenated alkanes) is 1. The Morgan fingerprint density at radius 2 is 2.05 bits per heavy atom. The Morgan fingerprint density at radius 3 is 2.63 bits per heavy atom. The summed E-state index contributed by atoms with van der Waals surface area (Å²) in [5.41, 5.74) is 0. The largest absolute Gasteiger partial charge is 0.315 e. The summed E-state index contributed by atoms with van der Waals surface area (Å²) in [6, 6.07) is 0.467. The van der Waals surface area contributed by atoms with Crippen LogP contribution in [0.1, 0.15) is 46.5 Å². The van der Waals surface area contributed by atoms with Crippen LogP contribution in [-0.2, 0) is 10.0 Å². The van der Waals surface area contributed by atoms with E-state index in [1.54, 1.807) is 0 Å². The highest BCUT2D eigenvalue weighted by Gasteiger charge is 2.30. The van der Waals surface area contributed by atoms with Crippen molar-refractivity contribution >= 4 is 21.8 Å². The summed E-state index contributed by atoms with van der Waals surface area (Å²) in [6.45, 7) is 7.81. The molecule has 114 valence electrons. The van der Waals surface area contributed by atoms with Gasteiger partial charge in [0.25, 0.3) is 0 Å². The highest BCUT2D eigenvalue weighted by atomic mass is 32.2. The Balaban J connectivity index is 2.17. The zero-order chi connectivity index (χ0) is 14.4. The van der Waals surface area contributed by atoms with E-state index in [1.165, 1.54) is 6.42 Å². The SMILES string of the molecule is CC(C)NCCCCS(=O)(=O)NCC1(C)CCCS1. The van der Waals surface area contributed by atoms with Crippen LogP contribution in [0.4, 0.5) is 0 Å². The maximum absolute atomic E-state index is 11.9. The first-order valence-electron chi connectivity index (χ1n) is 7.18. The summed E-state index contributed by atoms with van der Waals surface area (Å²) >= 11 is 1.88. The van der Waals surface area contributed by atoms with Gasteiger partial charge in [0.1, 0.15) is 0 Å². The minimum Gasteiger partial charge on any atom is -0.315 e. The molecule has 1 aliphatic rings. The number of nitrogens with one attached hydrogen (secondary N) is 2. The fourth-order valence-electron chi connectivity index (χ4n) is 2.12. The Labute approximate surface area is 122 Å². The van der Waals surface area contributed by atoms with Crippen LogP contribution in [0.25, 0.3) is 0 Å². The molecular formula is C13H28N2O2S2. The van der Waals surface area contributed by atoms with Gasteiger partial charge < -0.3 is 5.32 Å². The topological polar surface area (TPSA) is 58.2 Å². The molecule has 19 heavy (non-hydrogen) atoms. The quantitative estimate of drug-likeness (QED) is 0.639. The molecule has 0 radical (unpaired) electrons. The minimum absolute atomic E-state index is 0.103. The third-order valence-corrected chi connectivity index (χ3v) is 6.31. The summed E-state index contributed by atoms with van der Waals surface area (Å²) in [5.74, 6) is 1.40. The van der Waals surface area contributed by atoms with Crippen LogP contribution in [0, 0.1) is 0 Å². The number of hydrogen-bond donors (Lipinski definition) is 2. The molecule has 0 spiro atoms. The molecule has 0 aliphatic carbocycles. The molecule has 0 aromatic heterocycles. The van der Waals surface area contributed by atoms with E-state index in [0.29, 0.717) is 12.6 Å². The lowest BCUT2D eigenvalue weighted by Crippen LogP contribution is -2.38. The standard InChI is InChI=1S/C13H28N2O2S2/c1-12(2)14-8-4-5-10-19(16,17)15-11-13(3)7-6-9-18-13/h12,14-15H,4-11H2,1-3H3. The molecule has 0 aromatic rings. The third kappa shape index (κ3) is 7.54. The lowest BCUT2D eigenvalue weighted by atomic mass is 10.1. The van der Waals surface area contributed by atoms with E-state index in [9.17, 15) is 8.42 Å². The normalized spacial score (nSPS) is 24.2. The second kappa shape index (κ2) is 7.86. The average molecular weight is 309 g/mol. The van der Waals surface area contributed by atoms with E-state index < -0.39 is 10.0 Å². The first kappa shape index (κ1) is 17.3. The molecule has 1 saturated heterocycles. The number of sulfonamides is 1. The van der Waals surface area contributed by atoms with E-state index >= 15 is 0 Å². The minimum atomic E-state index is -3.10. The van der Waals surface area contributed by atoms with E-state index in [-0.39, 0.29) is 10.5 Å². The molecular weight excluding hydrogens is 280 g/mol. The second-order valence-corrected chi connectivity index (χ2v) is 9.47. The summed E-state index contributed by atoms with van der Waals surface area (Å²) in [7, 11) is -3.10. The van der Waals surface area contributed by atoms with Gasteiger partial charge in [-0.25, -0.2) is 13.1 Å². The second-order valence-electron chi connectivity index (χ2n) is 5.86. The molecule has 2 N–H and O–H groups in total. The molecule has 4 nitrogen and oxygen atoms in total. The fraction of sp³-hybridized carbons (Fsp3) is 1.00. The summed E-state index contributed by atoms with van der Waals surface area (Å²) in [5, 5.41) is 3.30. The van der Waals surface area contributed by atoms with Gasteiger partial charge in [0.2, 0.25) is 10.0 Å². The molecule has 0 amide bonds. The van der Waals surface area contributed by atoms with E-state index in [4.69, 9.17) is 0 Å². The van der Waals surface area contributed by atoms with Gasteiger partial charge >= 0.3 is 0 Å². The van der Waals surface area contributed by atoms with Crippen LogP contribution in [0.2, 0.25) is 0 Å². The van der Waals surface area contributed by atoms with Gasteiger partial charge in [-0.05, 0) is 44.9 Å². The van der Waals surface area contributed by atoms with Crippen LogP contribution in [-0.4, -0.2) is 43.8 Å². The monoisotopic (exact) mass is 308 g/mol. The molecule has 0 aromatic carbocycles. The van der Waals surface area contributed by atoms with Crippen molar-refractivity contribution in [2.45, 2.75) is 57.2 Å². The third-order valence-electron chi connectivity index (χ3n) is 3.36. The van der Waals surface area contributed by atoms with Gasteiger partial charge in [-0.1, -0.05) is 13.8 Å². The number of rotatable bonds is 9. The van der Waals surface area contributed by atoms with Crippen molar-refractivity contribution in [3.63, 3.8) is 0 Å². The van der Waals surface area contributed by atoms with Crippen molar-refractivity contribution in [3.8, 4) is 0 Å². The van der Waals surface area contributed by atoms with Gasteiger partial charge in [0.05, 0.1) is 5.75 Å². The Bertz CT molecular complexity index is 350. The van der Waals surface area contributed by atoms with Gasteiger partial charge in [0.15, 0.2) is 0 Å². The van der Waals surface area contributed by atoms with E-state index in [1.807, 2.05) is 11.8 Å². The lowest BCUT2D eigenvalue weighted by molar-refractivity contribution is 0.542. The van der Waals surface area contributed by atoms with Crippen LogP contribution in [0.15, 0.2) is 0 Å². The maximum atomic E-state index is 11.9. The van der Waals surface area contributed by atoms with Crippen LogP contribution in [0.3, 0.4) is 0 Å².